The largest absolute Gasteiger partial charge is 0.381 e. The topological polar surface area (TPSA) is 116 Å². The van der Waals surface area contributed by atoms with Crippen molar-refractivity contribution in [1.82, 2.24) is 34.7 Å². The summed E-state index contributed by atoms with van der Waals surface area (Å²) in [5.41, 5.74) is 11.7. The Morgan fingerprint density at radius 1 is 1.08 bits per heavy atom. The van der Waals surface area contributed by atoms with Crippen LogP contribution in [-0.4, -0.2) is 35.3 Å². The zero-order valence-corrected chi connectivity index (χ0v) is 21.3. The molecular weight excluding hydrogens is 488 g/mol. The van der Waals surface area contributed by atoms with Crippen LogP contribution in [0.1, 0.15) is 40.0 Å². The number of hydrogen-bond donors (Lipinski definition) is 2. The van der Waals surface area contributed by atoms with Gasteiger partial charge < -0.3 is 11.1 Å². The summed E-state index contributed by atoms with van der Waals surface area (Å²) in [6, 6.07) is 19.2. The lowest BCUT2D eigenvalue weighted by molar-refractivity contribution is 0.0942. The summed E-state index contributed by atoms with van der Waals surface area (Å²) in [4.78, 5) is 22.8. The van der Waals surface area contributed by atoms with Gasteiger partial charge in [0.25, 0.3) is 5.91 Å². The van der Waals surface area contributed by atoms with Crippen LogP contribution in [0.25, 0.3) is 27.8 Å². The summed E-state index contributed by atoms with van der Waals surface area (Å²) in [7, 11) is 1.86. The Kier molecular flexibility index (Phi) is 5.98. The molecule has 0 spiro atoms. The molecule has 0 aliphatic heterocycles. The molecule has 0 saturated carbocycles. The van der Waals surface area contributed by atoms with Gasteiger partial charge in [-0.2, -0.15) is 5.10 Å². The Morgan fingerprint density at radius 2 is 1.92 bits per heavy atom. The summed E-state index contributed by atoms with van der Waals surface area (Å²) in [5, 5.41) is 12.4. The van der Waals surface area contributed by atoms with Crippen LogP contribution in [0.3, 0.4) is 0 Å². The fraction of sp³-hybridized carbons (Fsp3) is 0.100. The van der Waals surface area contributed by atoms with Crippen LogP contribution >= 0.6 is 0 Å². The molecule has 4 aromatic heterocycles. The third-order valence-electron chi connectivity index (χ3n) is 6.43. The highest BCUT2D eigenvalue weighted by Crippen LogP contribution is 2.31. The number of rotatable bonds is 4. The number of nitrogen functional groups attached to an aromatic ring is 1. The summed E-state index contributed by atoms with van der Waals surface area (Å²) >= 11 is 0. The van der Waals surface area contributed by atoms with Gasteiger partial charge in [0.2, 0.25) is 0 Å². The average molecular weight is 513 g/mol. The zero-order valence-electron chi connectivity index (χ0n) is 21.3. The Balaban J connectivity index is 1.43. The van der Waals surface area contributed by atoms with E-state index in [9.17, 15) is 4.79 Å². The van der Waals surface area contributed by atoms with Crippen LogP contribution < -0.4 is 11.1 Å². The molecule has 190 valence electrons. The molecule has 0 bridgehead atoms. The quantitative estimate of drug-likeness (QED) is 0.343. The van der Waals surface area contributed by atoms with Crippen molar-refractivity contribution in [1.29, 1.82) is 0 Å². The van der Waals surface area contributed by atoms with Crippen molar-refractivity contribution < 1.29 is 4.79 Å². The Bertz CT molecular complexity index is 1910. The molecule has 9 heteroatoms. The smallest absolute Gasteiger partial charge is 0.259 e. The molecular formula is C30H24N8O. The summed E-state index contributed by atoms with van der Waals surface area (Å²) < 4.78 is 3.22. The maximum atomic E-state index is 13.4. The molecule has 1 atom stereocenters. The van der Waals surface area contributed by atoms with Gasteiger partial charge in [-0.25, -0.2) is 14.5 Å². The second kappa shape index (κ2) is 9.76. The molecule has 9 nitrogen and oxygen atoms in total. The number of fused-ring (bicyclic) bond motifs is 2. The Morgan fingerprint density at radius 3 is 2.72 bits per heavy atom. The van der Waals surface area contributed by atoms with E-state index in [-0.39, 0.29) is 17.3 Å². The molecule has 1 amide bonds. The molecule has 4 heterocycles. The number of benzene rings is 2. The lowest BCUT2D eigenvalue weighted by atomic mass is 9.97. The summed E-state index contributed by atoms with van der Waals surface area (Å²) in [6.07, 6.45) is 6.91. The molecule has 0 unspecified atom stereocenters. The van der Waals surface area contributed by atoms with Crippen molar-refractivity contribution in [3.05, 3.63) is 108 Å². The van der Waals surface area contributed by atoms with Gasteiger partial charge in [-0.1, -0.05) is 54.3 Å². The Labute approximate surface area is 224 Å². The van der Waals surface area contributed by atoms with Crippen molar-refractivity contribution in [2.45, 2.75) is 13.0 Å². The molecule has 2 aromatic carbocycles. The van der Waals surface area contributed by atoms with Gasteiger partial charge in [0.15, 0.2) is 11.5 Å². The van der Waals surface area contributed by atoms with Gasteiger partial charge in [-0.05, 0) is 25.1 Å². The molecule has 0 aliphatic carbocycles. The monoisotopic (exact) mass is 512 g/mol. The van der Waals surface area contributed by atoms with E-state index < -0.39 is 6.04 Å². The van der Waals surface area contributed by atoms with Crippen molar-refractivity contribution in [2.24, 2.45) is 7.05 Å². The summed E-state index contributed by atoms with van der Waals surface area (Å²) in [6.45, 7) is 1.93. The first kappa shape index (κ1) is 23.9. The lowest BCUT2D eigenvalue weighted by Crippen LogP contribution is -2.28. The van der Waals surface area contributed by atoms with E-state index in [0.717, 1.165) is 38.9 Å². The van der Waals surface area contributed by atoms with E-state index >= 15 is 0 Å². The van der Waals surface area contributed by atoms with Crippen LogP contribution in [0, 0.1) is 11.8 Å². The number of anilines is 1. The summed E-state index contributed by atoms with van der Waals surface area (Å²) in [5.74, 6) is 6.19. The van der Waals surface area contributed by atoms with E-state index in [1.165, 1.54) is 4.52 Å². The first-order chi connectivity index (χ1) is 19.0. The first-order valence-corrected chi connectivity index (χ1v) is 12.4. The van der Waals surface area contributed by atoms with Gasteiger partial charge in [-0.15, -0.1) is 5.10 Å². The van der Waals surface area contributed by atoms with E-state index in [0.29, 0.717) is 5.65 Å². The molecule has 39 heavy (non-hydrogen) atoms. The molecule has 6 aromatic rings. The molecule has 0 radical (unpaired) electrons. The van der Waals surface area contributed by atoms with Crippen LogP contribution in [0.5, 0.6) is 0 Å². The lowest BCUT2D eigenvalue weighted by Gasteiger charge is -2.19. The van der Waals surface area contributed by atoms with Crippen molar-refractivity contribution >= 4 is 28.3 Å². The maximum absolute atomic E-state index is 13.4. The minimum atomic E-state index is -0.396. The number of carbonyl (C=O) groups is 1. The zero-order chi connectivity index (χ0) is 26.9. The first-order valence-electron chi connectivity index (χ1n) is 12.4. The number of carbonyl (C=O) groups excluding carboxylic acids is 1. The standard InChI is InChI=1S/C30H24N8O/c1-19(34-30(39)25-28(31)36-38-15-7-14-32-29(25)38)24-16-23-11-6-10-22(13-12-20-17-33-37(2)18-20)26(23)35-27(24)21-8-4-3-5-9-21/h3-11,14-19H,1-2H3,(H2,31,36)(H,34,39)/t19-/m0/s1. The molecule has 6 rings (SSSR count). The minimum Gasteiger partial charge on any atom is -0.381 e. The predicted molar refractivity (Wildman–Crippen MR) is 150 cm³/mol. The number of pyridine rings is 1. The Hall–Kier alpha value is -5.49. The molecule has 0 fully saturated rings. The van der Waals surface area contributed by atoms with E-state index in [1.54, 1.807) is 29.3 Å². The van der Waals surface area contributed by atoms with Gasteiger partial charge in [-0.3, -0.25) is 9.48 Å². The number of nitrogens with zero attached hydrogens (tertiary/aromatic N) is 6. The number of amides is 1. The van der Waals surface area contributed by atoms with Crippen molar-refractivity contribution in [3.63, 3.8) is 0 Å². The van der Waals surface area contributed by atoms with Gasteiger partial charge >= 0.3 is 0 Å². The van der Waals surface area contributed by atoms with E-state index in [2.05, 4.69) is 38.4 Å². The van der Waals surface area contributed by atoms with Crippen molar-refractivity contribution in [3.8, 4) is 23.1 Å². The van der Waals surface area contributed by atoms with Crippen LogP contribution in [0.4, 0.5) is 5.82 Å². The normalized spacial score (nSPS) is 11.7. The second-order valence-electron chi connectivity index (χ2n) is 9.17. The maximum Gasteiger partial charge on any atom is 0.259 e. The predicted octanol–water partition coefficient (Wildman–Crippen LogP) is 4.15. The number of hydrogen-bond acceptors (Lipinski definition) is 6. The van der Waals surface area contributed by atoms with E-state index in [1.807, 2.05) is 68.7 Å². The number of para-hydroxylation sites is 1. The van der Waals surface area contributed by atoms with Crippen molar-refractivity contribution in [2.75, 3.05) is 5.73 Å². The molecule has 0 aliphatic rings. The van der Waals surface area contributed by atoms with Crippen LogP contribution in [-0.2, 0) is 7.05 Å². The highest BCUT2D eigenvalue weighted by atomic mass is 16.1. The fourth-order valence-electron chi connectivity index (χ4n) is 4.57. The molecule has 0 saturated heterocycles. The SMILES string of the molecule is C[C@H](NC(=O)c1c(N)nn2cccnc12)c1cc2cccc(C#Cc3cnn(C)c3)c2nc1-c1ccccc1. The highest BCUT2D eigenvalue weighted by Gasteiger charge is 2.23. The molecule has 3 N–H and O–H groups in total. The third-order valence-corrected chi connectivity index (χ3v) is 6.43. The van der Waals surface area contributed by atoms with E-state index in [4.69, 9.17) is 10.7 Å². The number of aryl methyl sites for hydroxylation is 1. The number of aromatic nitrogens is 6. The van der Waals surface area contributed by atoms with Gasteiger partial charge in [0, 0.05) is 42.2 Å². The average Bonchev–Trinajstić information content (AvgIpc) is 3.52. The third kappa shape index (κ3) is 4.55. The van der Waals surface area contributed by atoms with Crippen LogP contribution in [0.2, 0.25) is 0 Å². The highest BCUT2D eigenvalue weighted by molar-refractivity contribution is 6.04. The number of nitrogens with two attached hydrogens (primary N) is 1. The van der Waals surface area contributed by atoms with Gasteiger partial charge in [0.1, 0.15) is 5.56 Å². The van der Waals surface area contributed by atoms with Gasteiger partial charge in [0.05, 0.1) is 34.6 Å². The second-order valence-corrected chi connectivity index (χ2v) is 9.17. The van der Waals surface area contributed by atoms with Crippen LogP contribution in [0.15, 0.2) is 85.5 Å². The fourth-order valence-corrected chi connectivity index (χ4v) is 4.57. The number of nitrogens with one attached hydrogen (secondary N) is 1. The minimum absolute atomic E-state index is 0.121.